The molecular weight excluding hydrogens is 374 g/mol. The van der Waals surface area contributed by atoms with Crippen molar-refractivity contribution >= 4 is 23.4 Å². The molecule has 1 aliphatic heterocycles. The molecule has 0 amide bonds. The number of benzene rings is 1. The second-order valence-electron chi connectivity index (χ2n) is 6.75. The van der Waals surface area contributed by atoms with E-state index in [9.17, 15) is 9.59 Å². The molecule has 2 heterocycles. The number of anilines is 1. The van der Waals surface area contributed by atoms with E-state index in [-0.39, 0.29) is 17.3 Å². The van der Waals surface area contributed by atoms with E-state index in [1.54, 1.807) is 13.2 Å². The number of H-pyrrole nitrogens is 1. The van der Waals surface area contributed by atoms with Gasteiger partial charge in [0.2, 0.25) is 0 Å². The summed E-state index contributed by atoms with van der Waals surface area (Å²) in [6.45, 7) is 3.70. The summed E-state index contributed by atoms with van der Waals surface area (Å²) in [5.41, 5.74) is 2.02. The number of hydrogen-bond donors (Lipinski definition) is 2. The number of methoxy groups -OCH3 is 1. The van der Waals surface area contributed by atoms with Crippen LogP contribution in [0.3, 0.4) is 0 Å². The Morgan fingerprint density at radius 3 is 2.79 bits per heavy atom. The molecule has 0 radical (unpaired) electrons. The highest BCUT2D eigenvalue weighted by molar-refractivity contribution is 7.99. The van der Waals surface area contributed by atoms with E-state index in [2.05, 4.69) is 21.9 Å². The smallest absolute Gasteiger partial charge is 0.257 e. The quantitative estimate of drug-likeness (QED) is 0.458. The van der Waals surface area contributed by atoms with E-state index >= 15 is 0 Å². The van der Waals surface area contributed by atoms with Gasteiger partial charge in [-0.25, -0.2) is 4.98 Å². The first-order valence-electron chi connectivity index (χ1n) is 9.14. The summed E-state index contributed by atoms with van der Waals surface area (Å²) in [4.78, 5) is 33.3. The van der Waals surface area contributed by atoms with Crippen LogP contribution in [0.4, 0.5) is 5.82 Å². The molecule has 0 spiro atoms. The minimum Gasteiger partial charge on any atom is -0.497 e. The fourth-order valence-corrected chi connectivity index (χ4v) is 4.44. The molecule has 144 valence electrons. The zero-order valence-electron chi connectivity index (χ0n) is 15.5. The molecule has 0 saturated carbocycles. The number of rotatable bonds is 5. The van der Waals surface area contributed by atoms with Crippen LogP contribution in [0.1, 0.15) is 29.9 Å². The molecule has 1 aromatic carbocycles. The minimum absolute atomic E-state index is 0.140. The van der Waals surface area contributed by atoms with Gasteiger partial charge in [-0.2, -0.15) is 0 Å². The van der Waals surface area contributed by atoms with Gasteiger partial charge < -0.3 is 15.0 Å². The number of nitrogens with one attached hydrogen (secondary N) is 2. The molecule has 0 saturated heterocycles. The standard InChI is InChI=1S/C21H21N3O3S/c1-3-11-28-21-23-19-18(20(26)24-21)16(12-7-9-13(27-2)10-8-12)17-14(22-19)5-4-6-15(17)25/h3,5,7-10,16-17H,1,4,6,11H2,2H3,(H2,22,23,24,26)/t16-,17+/m0/s1. The summed E-state index contributed by atoms with van der Waals surface area (Å²) in [5.74, 6) is 1.26. The first-order valence-corrected chi connectivity index (χ1v) is 10.1. The summed E-state index contributed by atoms with van der Waals surface area (Å²) in [6, 6.07) is 7.53. The SMILES string of the molecule is C=CCSc1nc2c(c(=O)[nH]1)[C@@H](c1ccc(OC)cc1)[C@H]1C(=O)CCC=C1N2. The molecule has 1 aromatic heterocycles. The number of allylic oxidation sites excluding steroid dienone is 2. The Bertz CT molecular complexity index is 1010. The Morgan fingerprint density at radius 1 is 1.29 bits per heavy atom. The van der Waals surface area contributed by atoms with Gasteiger partial charge >= 0.3 is 0 Å². The van der Waals surface area contributed by atoms with Crippen LogP contribution < -0.4 is 15.6 Å². The summed E-state index contributed by atoms with van der Waals surface area (Å²) in [5, 5.41) is 3.79. The summed E-state index contributed by atoms with van der Waals surface area (Å²) < 4.78 is 5.25. The Morgan fingerprint density at radius 2 is 2.07 bits per heavy atom. The number of Topliss-reactive ketones (excluding diaryl/α,β-unsaturated/α-hetero) is 1. The number of thioether (sulfide) groups is 1. The number of ether oxygens (including phenoxy) is 1. The maximum atomic E-state index is 13.0. The first-order chi connectivity index (χ1) is 13.6. The Hall–Kier alpha value is -2.80. The number of ketones is 1. The lowest BCUT2D eigenvalue weighted by molar-refractivity contribution is -0.122. The molecule has 0 bridgehead atoms. The molecule has 0 unspecified atom stereocenters. The van der Waals surface area contributed by atoms with E-state index in [1.165, 1.54) is 11.8 Å². The van der Waals surface area contributed by atoms with Crippen molar-refractivity contribution in [3.8, 4) is 5.75 Å². The average Bonchev–Trinajstić information content (AvgIpc) is 2.71. The molecule has 7 heteroatoms. The Balaban J connectivity index is 1.87. The molecule has 4 rings (SSSR count). The zero-order chi connectivity index (χ0) is 19.7. The molecule has 2 N–H and O–H groups in total. The number of aromatic nitrogens is 2. The summed E-state index contributed by atoms with van der Waals surface area (Å²) in [7, 11) is 1.61. The van der Waals surface area contributed by atoms with Gasteiger partial charge in [0.15, 0.2) is 5.16 Å². The number of nitrogens with zero attached hydrogens (tertiary/aromatic N) is 1. The average molecular weight is 395 g/mol. The van der Waals surface area contributed by atoms with Crippen molar-refractivity contribution in [3.63, 3.8) is 0 Å². The van der Waals surface area contributed by atoms with Gasteiger partial charge in [-0.3, -0.25) is 9.59 Å². The highest BCUT2D eigenvalue weighted by Gasteiger charge is 2.42. The lowest BCUT2D eigenvalue weighted by Crippen LogP contribution is -2.38. The van der Waals surface area contributed by atoms with Gasteiger partial charge in [-0.05, 0) is 24.1 Å². The van der Waals surface area contributed by atoms with Crippen molar-refractivity contribution in [2.24, 2.45) is 5.92 Å². The van der Waals surface area contributed by atoms with Crippen molar-refractivity contribution in [2.45, 2.75) is 23.9 Å². The van der Waals surface area contributed by atoms with Crippen molar-refractivity contribution in [1.29, 1.82) is 0 Å². The molecule has 28 heavy (non-hydrogen) atoms. The Kier molecular flexibility index (Phi) is 5.09. The lowest BCUT2D eigenvalue weighted by Gasteiger charge is -2.36. The normalized spacial score (nSPS) is 20.5. The van der Waals surface area contributed by atoms with Gasteiger partial charge in [0.25, 0.3) is 5.56 Å². The van der Waals surface area contributed by atoms with Crippen LogP contribution in [0, 0.1) is 5.92 Å². The largest absolute Gasteiger partial charge is 0.497 e. The van der Waals surface area contributed by atoms with E-state index in [0.717, 1.165) is 17.0 Å². The van der Waals surface area contributed by atoms with Crippen LogP contribution in [0.15, 0.2) is 58.6 Å². The fraction of sp³-hybridized carbons (Fsp3) is 0.286. The monoisotopic (exact) mass is 395 g/mol. The number of carbonyl (C=O) groups is 1. The van der Waals surface area contributed by atoms with E-state index in [0.29, 0.717) is 35.1 Å². The number of fused-ring (bicyclic) bond motifs is 2. The predicted molar refractivity (Wildman–Crippen MR) is 110 cm³/mol. The third kappa shape index (κ3) is 3.26. The number of carbonyl (C=O) groups excluding carboxylic acids is 1. The fourth-order valence-electron chi connectivity index (χ4n) is 3.85. The van der Waals surface area contributed by atoms with Gasteiger partial charge in [0.1, 0.15) is 17.4 Å². The van der Waals surface area contributed by atoms with Crippen LogP contribution in [0.25, 0.3) is 0 Å². The van der Waals surface area contributed by atoms with Crippen LogP contribution in [-0.4, -0.2) is 28.6 Å². The van der Waals surface area contributed by atoms with Crippen LogP contribution in [0.2, 0.25) is 0 Å². The molecule has 2 aromatic rings. The third-order valence-electron chi connectivity index (χ3n) is 5.09. The van der Waals surface area contributed by atoms with Crippen LogP contribution >= 0.6 is 11.8 Å². The van der Waals surface area contributed by atoms with E-state index < -0.39 is 5.92 Å². The highest BCUT2D eigenvalue weighted by atomic mass is 32.2. The molecule has 0 fully saturated rings. The lowest BCUT2D eigenvalue weighted by atomic mass is 9.72. The second kappa shape index (κ2) is 7.67. The van der Waals surface area contributed by atoms with Crippen molar-refractivity contribution < 1.29 is 9.53 Å². The Labute approximate surface area is 167 Å². The van der Waals surface area contributed by atoms with Crippen molar-refractivity contribution in [3.05, 3.63) is 70.2 Å². The van der Waals surface area contributed by atoms with Gasteiger partial charge in [0, 0.05) is 23.8 Å². The maximum absolute atomic E-state index is 13.0. The van der Waals surface area contributed by atoms with Crippen molar-refractivity contribution in [1.82, 2.24) is 9.97 Å². The molecule has 1 aliphatic carbocycles. The van der Waals surface area contributed by atoms with Crippen molar-refractivity contribution in [2.75, 3.05) is 18.2 Å². The van der Waals surface area contributed by atoms with Gasteiger partial charge in [-0.1, -0.05) is 36.0 Å². The number of hydrogen-bond acceptors (Lipinski definition) is 6. The van der Waals surface area contributed by atoms with Gasteiger partial charge in [-0.15, -0.1) is 6.58 Å². The summed E-state index contributed by atoms with van der Waals surface area (Å²) in [6.07, 6.45) is 4.99. The highest BCUT2D eigenvalue weighted by Crippen LogP contribution is 2.45. The second-order valence-corrected chi connectivity index (χ2v) is 7.76. The van der Waals surface area contributed by atoms with Crippen LogP contribution in [0.5, 0.6) is 5.75 Å². The minimum atomic E-state index is -0.399. The molecule has 2 aliphatic rings. The van der Waals surface area contributed by atoms with Crippen LogP contribution in [-0.2, 0) is 4.79 Å². The third-order valence-corrected chi connectivity index (χ3v) is 5.96. The summed E-state index contributed by atoms with van der Waals surface area (Å²) >= 11 is 1.41. The van der Waals surface area contributed by atoms with E-state index in [4.69, 9.17) is 4.74 Å². The van der Waals surface area contributed by atoms with E-state index in [1.807, 2.05) is 30.3 Å². The molecular formula is C21H21N3O3S. The zero-order valence-corrected chi connectivity index (χ0v) is 16.3. The molecule has 6 nitrogen and oxygen atoms in total. The van der Waals surface area contributed by atoms with Gasteiger partial charge in [0.05, 0.1) is 18.6 Å². The topological polar surface area (TPSA) is 84.1 Å². The maximum Gasteiger partial charge on any atom is 0.257 e. The number of aromatic amines is 1. The predicted octanol–water partition coefficient (Wildman–Crippen LogP) is 3.48. The molecule has 2 atom stereocenters. The first kappa shape index (κ1) is 18.6.